The van der Waals surface area contributed by atoms with Gasteiger partial charge in [0, 0.05) is 82.3 Å². The topological polar surface area (TPSA) is 111 Å². The van der Waals surface area contributed by atoms with Crippen LogP contribution in [0.3, 0.4) is 0 Å². The molecule has 0 aliphatic rings. The standard InChI is InChI=1S/2C10H24O3Si.2C9H22O3Si/c2*1-5-13-14(3,4)10-6-7-12-9-8-11-2;2*1-10-7-8-12-6-5-9-13(3,4)11-2/h2*5-10H2,1-4H3;2*5-9H2,1-4H3. The number of methoxy groups -OCH3 is 4. The van der Waals surface area contributed by atoms with Crippen LogP contribution in [0.1, 0.15) is 39.5 Å². The van der Waals surface area contributed by atoms with Crippen molar-refractivity contribution in [1.29, 1.82) is 0 Å². The Morgan fingerprint density at radius 2 is 0.519 bits per heavy atom. The van der Waals surface area contributed by atoms with Crippen LogP contribution in [0.5, 0.6) is 0 Å². The summed E-state index contributed by atoms with van der Waals surface area (Å²) < 4.78 is 63.3. The monoisotopic (exact) mass is 853 g/mol. The highest BCUT2D eigenvalue weighted by Gasteiger charge is 2.22. The molecule has 16 heteroatoms. The van der Waals surface area contributed by atoms with Crippen molar-refractivity contribution in [1.82, 2.24) is 0 Å². The molecule has 0 radical (unpaired) electrons. The van der Waals surface area contributed by atoms with Crippen molar-refractivity contribution in [3.05, 3.63) is 0 Å². The second kappa shape index (κ2) is 43.0. The van der Waals surface area contributed by atoms with Gasteiger partial charge in [0.1, 0.15) is 0 Å². The predicted octanol–water partition coefficient (Wildman–Crippen LogP) is 8.34. The quantitative estimate of drug-likeness (QED) is 0.0459. The van der Waals surface area contributed by atoms with E-state index in [-0.39, 0.29) is 0 Å². The summed E-state index contributed by atoms with van der Waals surface area (Å²) in [6.45, 7) is 32.6. The first-order valence-corrected chi connectivity index (χ1v) is 32.6. The minimum atomic E-state index is -1.38. The zero-order valence-electron chi connectivity index (χ0n) is 38.5. The third-order valence-electron chi connectivity index (χ3n) is 8.17. The molecule has 0 fully saturated rings. The largest absolute Gasteiger partial charge is 0.420 e. The second-order valence-electron chi connectivity index (χ2n) is 15.1. The van der Waals surface area contributed by atoms with Gasteiger partial charge >= 0.3 is 0 Å². The highest BCUT2D eigenvalue weighted by molar-refractivity contribution is 6.72. The molecule has 332 valence electrons. The Kier molecular flexibility index (Phi) is 48.6. The number of hydrogen-bond donors (Lipinski definition) is 0. The van der Waals surface area contributed by atoms with Crippen molar-refractivity contribution in [2.45, 2.75) is 116 Å². The van der Waals surface area contributed by atoms with E-state index in [2.05, 4.69) is 66.2 Å². The molecule has 0 heterocycles. The van der Waals surface area contributed by atoms with Crippen LogP contribution in [0.15, 0.2) is 0 Å². The number of hydrogen-bond acceptors (Lipinski definition) is 12. The van der Waals surface area contributed by atoms with Crippen LogP contribution in [0.2, 0.25) is 76.6 Å². The van der Waals surface area contributed by atoms with Crippen molar-refractivity contribution in [3.63, 3.8) is 0 Å². The van der Waals surface area contributed by atoms with Gasteiger partial charge < -0.3 is 55.6 Å². The normalized spacial score (nSPS) is 12.0. The van der Waals surface area contributed by atoms with E-state index in [4.69, 9.17) is 55.6 Å². The highest BCUT2D eigenvalue weighted by Crippen LogP contribution is 2.15. The lowest BCUT2D eigenvalue weighted by atomic mass is 10.5. The maximum atomic E-state index is 5.72. The van der Waals surface area contributed by atoms with Crippen molar-refractivity contribution < 1.29 is 55.6 Å². The van der Waals surface area contributed by atoms with Crippen molar-refractivity contribution in [2.75, 3.05) is 135 Å². The summed E-state index contributed by atoms with van der Waals surface area (Å²) >= 11 is 0. The summed E-state index contributed by atoms with van der Waals surface area (Å²) in [5, 5.41) is 0. The SMILES string of the molecule is CCO[Si](C)(C)CCCOCCOC.CCO[Si](C)(C)CCCOCCOC.COCCOCCC[Si](C)(C)OC.COCCOCCC[Si](C)(C)OC. The molecule has 0 unspecified atom stereocenters. The molecule has 0 atom stereocenters. The molecule has 0 aromatic carbocycles. The van der Waals surface area contributed by atoms with Crippen LogP contribution >= 0.6 is 0 Å². The molecular formula is C38H92O12Si4. The fraction of sp³-hybridized carbons (Fsp3) is 1.00. The van der Waals surface area contributed by atoms with Crippen LogP contribution in [0, 0.1) is 0 Å². The molecule has 0 N–H and O–H groups in total. The molecule has 12 nitrogen and oxygen atoms in total. The molecule has 0 aliphatic heterocycles. The first-order valence-electron chi connectivity index (χ1n) is 20.1. The Hall–Kier alpha value is 0.388. The maximum absolute atomic E-state index is 5.72. The number of ether oxygens (including phenoxy) is 8. The third kappa shape index (κ3) is 54.5. The Labute approximate surface area is 339 Å². The number of rotatable bonds is 34. The van der Waals surface area contributed by atoms with Crippen LogP contribution in [-0.2, 0) is 55.6 Å². The summed E-state index contributed by atoms with van der Waals surface area (Å²) in [6, 6.07) is 4.68. The van der Waals surface area contributed by atoms with E-state index in [1.807, 2.05) is 0 Å². The average molecular weight is 853 g/mol. The molecule has 0 rings (SSSR count). The fourth-order valence-electron chi connectivity index (χ4n) is 4.51. The third-order valence-corrected chi connectivity index (χ3v) is 18.8. The van der Waals surface area contributed by atoms with Gasteiger partial charge in [0.2, 0.25) is 0 Å². The zero-order valence-corrected chi connectivity index (χ0v) is 42.5. The molecule has 54 heavy (non-hydrogen) atoms. The lowest BCUT2D eigenvalue weighted by Gasteiger charge is -2.21. The van der Waals surface area contributed by atoms with E-state index in [1.54, 1.807) is 42.7 Å². The lowest BCUT2D eigenvalue weighted by Crippen LogP contribution is -2.30. The summed E-state index contributed by atoms with van der Waals surface area (Å²) in [7, 11) is 4.87. The summed E-state index contributed by atoms with van der Waals surface area (Å²) in [6.07, 6.45) is 4.39. The molecule has 0 aromatic rings. The predicted molar refractivity (Wildman–Crippen MR) is 236 cm³/mol. The minimum absolute atomic E-state index is 0.686. The van der Waals surface area contributed by atoms with E-state index in [9.17, 15) is 0 Å². The van der Waals surface area contributed by atoms with Gasteiger partial charge in [-0.2, -0.15) is 0 Å². The van der Waals surface area contributed by atoms with E-state index >= 15 is 0 Å². The van der Waals surface area contributed by atoms with Crippen LogP contribution in [0.4, 0.5) is 0 Å². The minimum Gasteiger partial charge on any atom is -0.420 e. The van der Waals surface area contributed by atoms with E-state index in [1.165, 1.54) is 12.1 Å². The Balaban J connectivity index is -0.000000309. The van der Waals surface area contributed by atoms with Gasteiger partial charge in [0.15, 0.2) is 33.3 Å². The molecule has 0 amide bonds. The highest BCUT2D eigenvalue weighted by atomic mass is 28.4. The van der Waals surface area contributed by atoms with E-state index in [0.717, 1.165) is 77.4 Å². The Bertz CT molecular complexity index is 666. The second-order valence-corrected chi connectivity index (χ2v) is 32.6. The molecule has 0 saturated carbocycles. The van der Waals surface area contributed by atoms with Crippen molar-refractivity contribution in [3.8, 4) is 0 Å². The van der Waals surface area contributed by atoms with E-state index < -0.39 is 33.3 Å². The van der Waals surface area contributed by atoms with Gasteiger partial charge in [-0.15, -0.1) is 0 Å². The zero-order chi connectivity index (χ0) is 42.0. The van der Waals surface area contributed by atoms with Crippen LogP contribution in [-0.4, -0.2) is 168 Å². The average Bonchev–Trinajstić information content (AvgIpc) is 3.11. The van der Waals surface area contributed by atoms with Crippen LogP contribution < -0.4 is 0 Å². The molecular weight excluding hydrogens is 761 g/mol. The van der Waals surface area contributed by atoms with Crippen LogP contribution in [0.25, 0.3) is 0 Å². The Morgan fingerprint density at radius 3 is 0.704 bits per heavy atom. The smallest absolute Gasteiger partial charge is 0.186 e. The first-order chi connectivity index (χ1) is 25.5. The van der Waals surface area contributed by atoms with Gasteiger partial charge in [-0.05, 0) is 116 Å². The molecule has 0 spiro atoms. The van der Waals surface area contributed by atoms with Crippen molar-refractivity contribution in [2.24, 2.45) is 0 Å². The lowest BCUT2D eigenvalue weighted by molar-refractivity contribution is 0.0705. The van der Waals surface area contributed by atoms with Gasteiger partial charge in [-0.25, -0.2) is 0 Å². The Morgan fingerprint density at radius 1 is 0.296 bits per heavy atom. The molecule has 0 saturated heterocycles. The van der Waals surface area contributed by atoms with Gasteiger partial charge in [-0.1, -0.05) is 0 Å². The summed E-state index contributed by atoms with van der Waals surface area (Å²) in [4.78, 5) is 0. The summed E-state index contributed by atoms with van der Waals surface area (Å²) in [5.74, 6) is 0. The molecule has 0 aromatic heterocycles. The maximum Gasteiger partial charge on any atom is 0.186 e. The first kappa shape index (κ1) is 61.1. The van der Waals surface area contributed by atoms with E-state index in [0.29, 0.717) is 52.9 Å². The molecule has 0 bridgehead atoms. The van der Waals surface area contributed by atoms with Gasteiger partial charge in [-0.3, -0.25) is 0 Å². The van der Waals surface area contributed by atoms with Gasteiger partial charge in [0.25, 0.3) is 0 Å². The van der Waals surface area contributed by atoms with Gasteiger partial charge in [0.05, 0.1) is 52.9 Å². The summed E-state index contributed by atoms with van der Waals surface area (Å²) in [5.41, 5.74) is 0. The fourth-order valence-corrected chi connectivity index (χ4v) is 10.8. The molecule has 0 aliphatic carbocycles. The van der Waals surface area contributed by atoms with Crippen molar-refractivity contribution >= 4 is 33.3 Å².